The van der Waals surface area contributed by atoms with E-state index in [9.17, 15) is 0 Å². The molecule has 0 saturated heterocycles. The van der Waals surface area contributed by atoms with Gasteiger partial charge in [0.1, 0.15) is 0 Å². The molecule has 4 nitrogen and oxygen atoms in total. The molecule has 54 valence electrons. The molecule has 0 aliphatic rings. The quantitative estimate of drug-likeness (QED) is 0.242. The fourth-order valence-corrected chi connectivity index (χ4v) is 0.313. The summed E-state index contributed by atoms with van der Waals surface area (Å²) in [5.41, 5.74) is 1.75. The van der Waals surface area contributed by atoms with Crippen LogP contribution in [-0.2, 0) is 4.79 Å². The van der Waals surface area contributed by atoms with E-state index >= 15 is 0 Å². The van der Waals surface area contributed by atoms with Crippen molar-refractivity contribution in [2.24, 2.45) is 5.84 Å². The molecule has 0 radical (unpaired) electrons. The number of hydrazine groups is 1. The molecular formula is C6H9N3O. The maximum absolute atomic E-state index is 8.94. The molecule has 10 heavy (non-hydrogen) atoms. The van der Waals surface area contributed by atoms with Gasteiger partial charge in [0.25, 0.3) is 0 Å². The van der Waals surface area contributed by atoms with E-state index in [0.717, 1.165) is 0 Å². The van der Waals surface area contributed by atoms with Gasteiger partial charge in [-0.25, -0.2) is 5.84 Å². The molecule has 1 aromatic heterocycles. The van der Waals surface area contributed by atoms with Crippen molar-refractivity contribution in [2.45, 2.75) is 0 Å². The first-order valence-electron chi connectivity index (χ1n) is 2.66. The Kier molecular flexibility index (Phi) is 6.50. The highest BCUT2D eigenvalue weighted by atomic mass is 16.1. The van der Waals surface area contributed by atoms with Crippen LogP contribution < -0.4 is 11.3 Å². The van der Waals surface area contributed by atoms with E-state index in [4.69, 9.17) is 4.79 Å². The van der Waals surface area contributed by atoms with E-state index < -0.39 is 0 Å². The van der Waals surface area contributed by atoms with Crippen molar-refractivity contribution in [1.82, 2.24) is 10.4 Å². The summed E-state index contributed by atoms with van der Waals surface area (Å²) in [6.45, 7) is 0. The third kappa shape index (κ3) is 6.58. The zero-order valence-corrected chi connectivity index (χ0v) is 5.40. The molecule has 0 bridgehead atoms. The van der Waals surface area contributed by atoms with Crippen LogP contribution in [0.2, 0.25) is 0 Å². The lowest BCUT2D eigenvalue weighted by Crippen LogP contribution is -2.18. The minimum atomic E-state index is 0.403. The predicted octanol–water partition coefficient (Wildman–Crippen LogP) is -0.312. The summed E-state index contributed by atoms with van der Waals surface area (Å²) in [6.07, 6.45) is 3.90. The second-order valence-electron chi connectivity index (χ2n) is 1.31. The Hall–Kier alpha value is -1.42. The molecule has 3 N–H and O–H groups in total. The van der Waals surface area contributed by atoms with Crippen molar-refractivity contribution in [3.05, 3.63) is 30.6 Å². The first-order chi connectivity index (χ1) is 4.91. The summed E-state index contributed by atoms with van der Waals surface area (Å²) < 4.78 is 0. The zero-order chi connectivity index (χ0) is 7.66. The van der Waals surface area contributed by atoms with Gasteiger partial charge in [-0.2, -0.15) is 0 Å². The van der Waals surface area contributed by atoms with Crippen molar-refractivity contribution in [2.75, 3.05) is 0 Å². The largest absolute Gasteiger partial charge is 0.297 e. The molecule has 1 rings (SSSR count). The topological polar surface area (TPSA) is 68.0 Å². The maximum atomic E-state index is 8.94. The highest BCUT2D eigenvalue weighted by Gasteiger charge is 1.58. The molecule has 1 aromatic rings. The lowest BCUT2D eigenvalue weighted by molar-refractivity contribution is -0.109. The first kappa shape index (κ1) is 8.58. The number of rotatable bonds is 1. The van der Waals surface area contributed by atoms with Gasteiger partial charge in [0, 0.05) is 12.4 Å². The summed E-state index contributed by atoms with van der Waals surface area (Å²) in [5.74, 6) is 4.41. The standard InChI is InChI=1S/C5H5N.CH4N2O/c1-2-4-6-5-3-1;2-3-1-4/h1-5H;1H,2H2,(H,3,4). The van der Waals surface area contributed by atoms with Gasteiger partial charge >= 0.3 is 0 Å². The van der Waals surface area contributed by atoms with E-state index in [-0.39, 0.29) is 0 Å². The van der Waals surface area contributed by atoms with Gasteiger partial charge in [-0.3, -0.25) is 15.2 Å². The van der Waals surface area contributed by atoms with E-state index in [1.54, 1.807) is 17.8 Å². The summed E-state index contributed by atoms with van der Waals surface area (Å²) in [6, 6.07) is 5.72. The second kappa shape index (κ2) is 7.58. The first-order valence-corrected chi connectivity index (χ1v) is 2.66. The molecule has 0 aromatic carbocycles. The van der Waals surface area contributed by atoms with Gasteiger partial charge in [0.05, 0.1) is 0 Å². The van der Waals surface area contributed by atoms with Crippen LogP contribution in [0.1, 0.15) is 0 Å². The van der Waals surface area contributed by atoms with E-state index in [1.807, 2.05) is 18.2 Å². The van der Waals surface area contributed by atoms with Gasteiger partial charge in [0.15, 0.2) is 0 Å². The summed E-state index contributed by atoms with van der Waals surface area (Å²) in [4.78, 5) is 12.7. The van der Waals surface area contributed by atoms with Gasteiger partial charge < -0.3 is 0 Å². The Morgan fingerprint density at radius 3 is 1.90 bits per heavy atom. The Bertz CT molecular complexity index is 128. The highest BCUT2D eigenvalue weighted by Crippen LogP contribution is 1.73. The molecule has 0 aliphatic heterocycles. The van der Waals surface area contributed by atoms with Crippen molar-refractivity contribution < 1.29 is 4.79 Å². The molecule has 0 aliphatic carbocycles. The Morgan fingerprint density at radius 2 is 1.80 bits per heavy atom. The van der Waals surface area contributed by atoms with Crippen LogP contribution in [-0.4, -0.2) is 11.4 Å². The Balaban J connectivity index is 0.000000180. The number of nitrogens with one attached hydrogen (secondary N) is 1. The molecule has 0 atom stereocenters. The fourth-order valence-electron chi connectivity index (χ4n) is 0.313. The zero-order valence-electron chi connectivity index (χ0n) is 5.40. The third-order valence-electron chi connectivity index (χ3n) is 0.635. The molecule has 0 spiro atoms. The SMILES string of the molecule is NNC=O.c1ccncc1. The molecule has 0 fully saturated rings. The molecule has 0 unspecified atom stereocenters. The lowest BCUT2D eigenvalue weighted by Gasteiger charge is -1.70. The number of amides is 1. The average Bonchev–Trinajstić information content (AvgIpc) is 2.08. The molecule has 0 saturated carbocycles. The van der Waals surface area contributed by atoms with Crippen LogP contribution in [0.5, 0.6) is 0 Å². The highest BCUT2D eigenvalue weighted by molar-refractivity contribution is 5.44. The van der Waals surface area contributed by atoms with Crippen LogP contribution in [0.4, 0.5) is 0 Å². The van der Waals surface area contributed by atoms with E-state index in [2.05, 4.69) is 10.8 Å². The van der Waals surface area contributed by atoms with Gasteiger partial charge in [-0.15, -0.1) is 0 Å². The maximum Gasteiger partial charge on any atom is 0.221 e. The molecule has 1 amide bonds. The smallest absolute Gasteiger partial charge is 0.221 e. The number of pyridine rings is 1. The van der Waals surface area contributed by atoms with Crippen LogP contribution in [0, 0.1) is 0 Å². The van der Waals surface area contributed by atoms with Crippen LogP contribution in [0.25, 0.3) is 0 Å². The predicted molar refractivity (Wildman–Crippen MR) is 37.6 cm³/mol. The van der Waals surface area contributed by atoms with Crippen molar-refractivity contribution in [1.29, 1.82) is 0 Å². The van der Waals surface area contributed by atoms with Crippen LogP contribution in [0.3, 0.4) is 0 Å². The van der Waals surface area contributed by atoms with Gasteiger partial charge in [0.2, 0.25) is 6.41 Å². The van der Waals surface area contributed by atoms with Crippen LogP contribution in [0.15, 0.2) is 30.6 Å². The average molecular weight is 139 g/mol. The second-order valence-corrected chi connectivity index (χ2v) is 1.31. The van der Waals surface area contributed by atoms with Crippen molar-refractivity contribution >= 4 is 6.41 Å². The Morgan fingerprint density at radius 1 is 1.30 bits per heavy atom. The fraction of sp³-hybridized carbons (Fsp3) is 0. The number of carbonyl (C=O) groups excluding carboxylic acids is 1. The van der Waals surface area contributed by atoms with Gasteiger partial charge in [-0.05, 0) is 12.1 Å². The van der Waals surface area contributed by atoms with Crippen LogP contribution >= 0.6 is 0 Å². The summed E-state index contributed by atoms with van der Waals surface area (Å²) in [7, 11) is 0. The minimum absolute atomic E-state index is 0.403. The molecule has 4 heteroatoms. The van der Waals surface area contributed by atoms with E-state index in [1.165, 1.54) is 0 Å². The number of carbonyl (C=O) groups is 1. The number of hydrogen-bond acceptors (Lipinski definition) is 3. The van der Waals surface area contributed by atoms with E-state index in [0.29, 0.717) is 6.41 Å². The van der Waals surface area contributed by atoms with Crippen molar-refractivity contribution in [3.63, 3.8) is 0 Å². The van der Waals surface area contributed by atoms with Crippen molar-refractivity contribution in [3.8, 4) is 0 Å². The number of nitrogens with zero attached hydrogens (tertiary/aromatic N) is 1. The summed E-state index contributed by atoms with van der Waals surface area (Å²) in [5, 5.41) is 0. The monoisotopic (exact) mass is 139 g/mol. The number of nitrogens with two attached hydrogens (primary N) is 1. The minimum Gasteiger partial charge on any atom is -0.297 e. The normalized spacial score (nSPS) is 6.90. The number of hydrogen-bond donors (Lipinski definition) is 2. The lowest BCUT2D eigenvalue weighted by atomic mass is 10.5. The number of aromatic nitrogens is 1. The van der Waals surface area contributed by atoms with Gasteiger partial charge in [-0.1, -0.05) is 6.07 Å². The summed E-state index contributed by atoms with van der Waals surface area (Å²) >= 11 is 0. The third-order valence-corrected chi connectivity index (χ3v) is 0.635. The molecular weight excluding hydrogens is 130 g/mol. The Labute approximate surface area is 59.0 Å². The molecule has 1 heterocycles.